The number of nitrogens with one attached hydrogen (secondary N) is 1. The van der Waals surface area contributed by atoms with Crippen molar-refractivity contribution in [3.05, 3.63) is 47.4 Å². The zero-order chi connectivity index (χ0) is 18.5. The first-order chi connectivity index (χ1) is 13.1. The fourth-order valence-electron chi connectivity index (χ4n) is 3.53. The van der Waals surface area contributed by atoms with Gasteiger partial charge in [-0.15, -0.1) is 0 Å². The monoisotopic (exact) mass is 360 g/mol. The zero-order valence-corrected chi connectivity index (χ0v) is 14.6. The molecule has 0 saturated heterocycles. The Morgan fingerprint density at radius 3 is 2.85 bits per heavy atom. The van der Waals surface area contributed by atoms with Crippen LogP contribution in [0.15, 0.2) is 41.8 Å². The number of hydrogen-bond donors (Lipinski definition) is 1. The van der Waals surface area contributed by atoms with Crippen LogP contribution in [-0.2, 0) is 7.05 Å². The van der Waals surface area contributed by atoms with Crippen LogP contribution in [0.3, 0.4) is 0 Å². The van der Waals surface area contributed by atoms with Gasteiger partial charge in [-0.3, -0.25) is 19.3 Å². The van der Waals surface area contributed by atoms with Crippen molar-refractivity contribution in [2.75, 3.05) is 0 Å². The molecule has 1 fully saturated rings. The Morgan fingerprint density at radius 2 is 2.11 bits per heavy atom. The molecule has 5 rings (SSSR count). The molecule has 1 aliphatic rings. The van der Waals surface area contributed by atoms with Gasteiger partial charge in [0.25, 0.3) is 5.56 Å². The third-order valence-corrected chi connectivity index (χ3v) is 5.06. The second-order valence-corrected chi connectivity index (χ2v) is 6.89. The highest BCUT2D eigenvalue weighted by Crippen LogP contribution is 2.37. The first kappa shape index (κ1) is 15.6. The molecule has 4 aromatic heterocycles. The van der Waals surface area contributed by atoms with Gasteiger partial charge in [-0.2, -0.15) is 15.5 Å². The summed E-state index contributed by atoms with van der Waals surface area (Å²) in [6, 6.07) is 4.43. The second-order valence-electron chi connectivity index (χ2n) is 6.89. The Bertz CT molecular complexity index is 1240. The van der Waals surface area contributed by atoms with Crippen molar-refractivity contribution in [1.29, 1.82) is 5.26 Å². The van der Waals surface area contributed by atoms with Crippen molar-refractivity contribution >= 4 is 5.52 Å². The minimum Gasteiger partial charge on any atom is -0.295 e. The Hall–Kier alpha value is -3.67. The number of nitriles is 1. The lowest BCUT2D eigenvalue weighted by Crippen LogP contribution is -2.25. The van der Waals surface area contributed by atoms with E-state index in [1.54, 1.807) is 41.0 Å². The number of aryl methyl sites for hydroxylation is 1. The van der Waals surface area contributed by atoms with Crippen LogP contribution in [0.25, 0.3) is 28.0 Å². The van der Waals surface area contributed by atoms with E-state index < -0.39 is 0 Å². The lowest BCUT2D eigenvalue weighted by Gasteiger charge is -2.30. The minimum atomic E-state index is -0.199. The van der Waals surface area contributed by atoms with Crippen molar-refractivity contribution in [2.45, 2.75) is 18.9 Å². The predicted octanol–water partition coefficient (Wildman–Crippen LogP) is 1.76. The van der Waals surface area contributed by atoms with Gasteiger partial charge in [-0.1, -0.05) is 0 Å². The van der Waals surface area contributed by atoms with E-state index in [0.717, 1.165) is 29.6 Å². The molecule has 0 aromatic carbocycles. The highest BCUT2D eigenvalue weighted by Gasteiger charge is 2.31. The molecule has 4 heterocycles. The number of fused-ring (bicyclic) bond motifs is 1. The summed E-state index contributed by atoms with van der Waals surface area (Å²) in [5.41, 5.74) is 3.25. The van der Waals surface area contributed by atoms with Gasteiger partial charge < -0.3 is 0 Å². The van der Waals surface area contributed by atoms with E-state index in [9.17, 15) is 4.79 Å². The van der Waals surface area contributed by atoms with Gasteiger partial charge in [0, 0.05) is 25.0 Å². The largest absolute Gasteiger partial charge is 0.295 e. The molecule has 1 saturated carbocycles. The molecular formula is C18H16N8O. The Balaban J connectivity index is 1.60. The number of aromatic nitrogens is 7. The van der Waals surface area contributed by atoms with Crippen LogP contribution < -0.4 is 5.56 Å². The van der Waals surface area contributed by atoms with Crippen LogP contribution in [0.1, 0.15) is 18.9 Å². The number of rotatable bonds is 3. The minimum absolute atomic E-state index is 0.121. The SMILES string of the molecule is Cn1cc(-c2cn3nccc3c(-c3cnn(C4CC(C#N)C4)c3)n2)c(=O)[nH]1. The van der Waals surface area contributed by atoms with Gasteiger partial charge in [0.1, 0.15) is 0 Å². The molecule has 0 bridgehead atoms. The van der Waals surface area contributed by atoms with E-state index in [1.807, 2.05) is 16.9 Å². The summed E-state index contributed by atoms with van der Waals surface area (Å²) < 4.78 is 5.22. The van der Waals surface area contributed by atoms with E-state index in [0.29, 0.717) is 11.3 Å². The lowest BCUT2D eigenvalue weighted by atomic mass is 9.81. The molecule has 1 N–H and O–H groups in total. The van der Waals surface area contributed by atoms with Crippen LogP contribution in [0.5, 0.6) is 0 Å². The van der Waals surface area contributed by atoms with E-state index in [1.165, 1.54) is 0 Å². The Kier molecular flexibility index (Phi) is 3.27. The van der Waals surface area contributed by atoms with Gasteiger partial charge in [-0.25, -0.2) is 9.50 Å². The van der Waals surface area contributed by atoms with Crippen molar-refractivity contribution in [2.24, 2.45) is 13.0 Å². The fourth-order valence-corrected chi connectivity index (χ4v) is 3.53. The quantitative estimate of drug-likeness (QED) is 0.599. The molecule has 0 unspecified atom stereocenters. The van der Waals surface area contributed by atoms with Gasteiger partial charge >= 0.3 is 0 Å². The molecule has 27 heavy (non-hydrogen) atoms. The molecule has 1 aliphatic carbocycles. The number of hydrogen-bond acceptors (Lipinski definition) is 5. The Morgan fingerprint density at radius 1 is 1.26 bits per heavy atom. The van der Waals surface area contributed by atoms with E-state index in [-0.39, 0.29) is 17.5 Å². The molecule has 0 radical (unpaired) electrons. The smallest absolute Gasteiger partial charge is 0.273 e. The average molecular weight is 360 g/mol. The number of aromatic amines is 1. The Labute approximate surface area is 153 Å². The summed E-state index contributed by atoms with van der Waals surface area (Å²) in [7, 11) is 1.76. The van der Waals surface area contributed by atoms with Crippen molar-refractivity contribution in [3.63, 3.8) is 0 Å². The maximum absolute atomic E-state index is 12.2. The first-order valence-corrected chi connectivity index (χ1v) is 8.67. The first-order valence-electron chi connectivity index (χ1n) is 8.67. The molecule has 0 atom stereocenters. The molecule has 0 spiro atoms. The third kappa shape index (κ3) is 2.45. The van der Waals surface area contributed by atoms with Crippen molar-refractivity contribution in [3.8, 4) is 28.6 Å². The van der Waals surface area contributed by atoms with Gasteiger partial charge in [0.15, 0.2) is 0 Å². The normalized spacial score (nSPS) is 19.1. The number of H-pyrrole nitrogens is 1. The fraction of sp³-hybridized carbons (Fsp3) is 0.278. The van der Waals surface area contributed by atoms with Crippen LogP contribution in [0, 0.1) is 17.2 Å². The highest BCUT2D eigenvalue weighted by atomic mass is 16.1. The summed E-state index contributed by atoms with van der Waals surface area (Å²) in [6.45, 7) is 0. The topological polar surface area (TPSA) is 110 Å². The van der Waals surface area contributed by atoms with Crippen LogP contribution >= 0.6 is 0 Å². The van der Waals surface area contributed by atoms with Gasteiger partial charge in [0.05, 0.1) is 59.1 Å². The van der Waals surface area contributed by atoms with Crippen LogP contribution in [-0.4, -0.2) is 34.2 Å². The van der Waals surface area contributed by atoms with E-state index in [4.69, 9.17) is 10.2 Å². The standard InChI is InChI=1S/C18H16N8O/c1-24-9-14(18(27)23-24)15-10-26-16(2-3-20-26)17(22-15)12-7-21-25(8-12)13-4-11(5-13)6-19/h2-3,7-11,13H,4-5H2,1H3,(H,23,27). The van der Waals surface area contributed by atoms with Gasteiger partial charge in [-0.05, 0) is 18.9 Å². The second kappa shape index (κ2) is 5.67. The maximum atomic E-state index is 12.2. The number of nitrogens with zero attached hydrogens (tertiary/aromatic N) is 7. The molecular weight excluding hydrogens is 344 g/mol. The summed E-state index contributed by atoms with van der Waals surface area (Å²) in [5, 5.41) is 20.4. The molecule has 0 aliphatic heterocycles. The van der Waals surface area contributed by atoms with Crippen LogP contribution in [0.2, 0.25) is 0 Å². The molecule has 134 valence electrons. The van der Waals surface area contributed by atoms with E-state index >= 15 is 0 Å². The predicted molar refractivity (Wildman–Crippen MR) is 96.6 cm³/mol. The van der Waals surface area contributed by atoms with E-state index in [2.05, 4.69) is 21.4 Å². The van der Waals surface area contributed by atoms with Crippen LogP contribution in [0.4, 0.5) is 0 Å². The highest BCUT2D eigenvalue weighted by molar-refractivity contribution is 5.78. The van der Waals surface area contributed by atoms with Crippen molar-refractivity contribution in [1.82, 2.24) is 34.2 Å². The molecule has 9 heteroatoms. The summed E-state index contributed by atoms with van der Waals surface area (Å²) in [5.74, 6) is 0.121. The summed E-state index contributed by atoms with van der Waals surface area (Å²) >= 11 is 0. The summed E-state index contributed by atoms with van der Waals surface area (Å²) in [4.78, 5) is 16.9. The molecule has 0 amide bonds. The lowest BCUT2D eigenvalue weighted by molar-refractivity contribution is 0.230. The third-order valence-electron chi connectivity index (χ3n) is 5.06. The zero-order valence-electron chi connectivity index (χ0n) is 14.6. The molecule has 4 aromatic rings. The maximum Gasteiger partial charge on any atom is 0.273 e. The van der Waals surface area contributed by atoms with Crippen molar-refractivity contribution < 1.29 is 0 Å². The average Bonchev–Trinajstić information content (AvgIpc) is 3.32. The van der Waals surface area contributed by atoms with Gasteiger partial charge in [0.2, 0.25) is 0 Å². The summed E-state index contributed by atoms with van der Waals surface area (Å²) in [6.07, 6.45) is 10.5. The molecule has 9 nitrogen and oxygen atoms in total.